The van der Waals surface area contributed by atoms with Crippen LogP contribution in [0.3, 0.4) is 0 Å². The van der Waals surface area contributed by atoms with E-state index in [1.54, 1.807) is 23.1 Å². The molecule has 7 heteroatoms. The minimum absolute atomic E-state index is 0.114. The highest BCUT2D eigenvalue weighted by molar-refractivity contribution is 6.42. The second-order valence-electron chi connectivity index (χ2n) is 5.33. The highest BCUT2D eigenvalue weighted by Crippen LogP contribution is 2.23. The maximum absolute atomic E-state index is 12.5. The third kappa shape index (κ3) is 6.43. The van der Waals surface area contributed by atoms with Crippen molar-refractivity contribution >= 4 is 29.1 Å². The van der Waals surface area contributed by atoms with E-state index in [0.717, 1.165) is 12.0 Å². The Balaban J connectivity index is 2.79. The van der Waals surface area contributed by atoms with Crippen LogP contribution in [0.5, 0.6) is 0 Å². The summed E-state index contributed by atoms with van der Waals surface area (Å²) in [6, 6.07) is 5.08. The van der Waals surface area contributed by atoms with Crippen LogP contribution >= 0.6 is 23.2 Å². The lowest BCUT2D eigenvalue weighted by molar-refractivity contribution is -0.131. The SMILES string of the molecule is CCCN(CC(O)/C(N)=C/C=C\N)C(=O)Cc1ccc(Cl)c(Cl)c1. The summed E-state index contributed by atoms with van der Waals surface area (Å²) in [5.41, 5.74) is 12.0. The number of rotatable bonds is 8. The molecule has 132 valence electrons. The van der Waals surface area contributed by atoms with E-state index >= 15 is 0 Å². The third-order valence-electron chi connectivity index (χ3n) is 3.36. The minimum Gasteiger partial charge on any atom is -0.405 e. The summed E-state index contributed by atoms with van der Waals surface area (Å²) in [4.78, 5) is 14.1. The van der Waals surface area contributed by atoms with Crippen molar-refractivity contribution < 1.29 is 9.90 Å². The molecule has 0 aliphatic rings. The monoisotopic (exact) mass is 371 g/mol. The molecule has 0 bridgehead atoms. The number of nitrogens with zero attached hydrogens (tertiary/aromatic N) is 1. The van der Waals surface area contributed by atoms with Gasteiger partial charge in [-0.05, 0) is 42.5 Å². The molecule has 1 amide bonds. The van der Waals surface area contributed by atoms with Crippen LogP contribution in [0.1, 0.15) is 18.9 Å². The van der Waals surface area contributed by atoms with Crippen molar-refractivity contribution in [1.82, 2.24) is 4.90 Å². The van der Waals surface area contributed by atoms with Gasteiger partial charge >= 0.3 is 0 Å². The van der Waals surface area contributed by atoms with Crippen LogP contribution in [0.4, 0.5) is 0 Å². The van der Waals surface area contributed by atoms with Crippen LogP contribution in [0.2, 0.25) is 10.0 Å². The van der Waals surface area contributed by atoms with E-state index in [4.69, 9.17) is 34.7 Å². The molecule has 0 fully saturated rings. The number of hydrogen-bond donors (Lipinski definition) is 3. The molecule has 1 aromatic rings. The van der Waals surface area contributed by atoms with Crippen LogP contribution in [0.25, 0.3) is 0 Å². The van der Waals surface area contributed by atoms with Crippen molar-refractivity contribution in [3.05, 3.63) is 57.9 Å². The van der Waals surface area contributed by atoms with E-state index in [9.17, 15) is 9.90 Å². The molecule has 1 aromatic carbocycles. The van der Waals surface area contributed by atoms with Gasteiger partial charge < -0.3 is 21.5 Å². The van der Waals surface area contributed by atoms with Crippen molar-refractivity contribution in [3.8, 4) is 0 Å². The first-order valence-corrected chi connectivity index (χ1v) is 8.38. The van der Waals surface area contributed by atoms with Crippen LogP contribution in [0.15, 0.2) is 42.2 Å². The second-order valence-corrected chi connectivity index (χ2v) is 6.15. The topological polar surface area (TPSA) is 92.6 Å². The largest absolute Gasteiger partial charge is 0.405 e. The van der Waals surface area contributed by atoms with E-state index < -0.39 is 6.10 Å². The van der Waals surface area contributed by atoms with Gasteiger partial charge in [-0.15, -0.1) is 0 Å². The quantitative estimate of drug-likeness (QED) is 0.611. The number of halogens is 2. The van der Waals surface area contributed by atoms with Gasteiger partial charge in [-0.2, -0.15) is 0 Å². The normalized spacial score (nSPS) is 13.2. The third-order valence-corrected chi connectivity index (χ3v) is 4.10. The Labute approximate surface area is 152 Å². The highest BCUT2D eigenvalue weighted by Gasteiger charge is 2.18. The van der Waals surface area contributed by atoms with Crippen LogP contribution in [0, 0.1) is 0 Å². The van der Waals surface area contributed by atoms with Gasteiger partial charge in [0.2, 0.25) is 5.91 Å². The summed E-state index contributed by atoms with van der Waals surface area (Å²) in [7, 11) is 0. The van der Waals surface area contributed by atoms with Crippen molar-refractivity contribution in [3.63, 3.8) is 0 Å². The van der Waals surface area contributed by atoms with Crippen molar-refractivity contribution in [1.29, 1.82) is 0 Å². The Morgan fingerprint density at radius 3 is 2.67 bits per heavy atom. The fourth-order valence-corrected chi connectivity index (χ4v) is 2.44. The lowest BCUT2D eigenvalue weighted by atomic mass is 10.1. The molecule has 0 spiro atoms. The highest BCUT2D eigenvalue weighted by atomic mass is 35.5. The van der Waals surface area contributed by atoms with Gasteiger partial charge in [-0.25, -0.2) is 0 Å². The fourth-order valence-electron chi connectivity index (χ4n) is 2.12. The number of aliphatic hydroxyl groups excluding tert-OH is 1. The van der Waals surface area contributed by atoms with Crippen LogP contribution < -0.4 is 11.5 Å². The first-order valence-electron chi connectivity index (χ1n) is 7.62. The van der Waals surface area contributed by atoms with Crippen molar-refractivity contribution in [2.45, 2.75) is 25.9 Å². The lowest BCUT2D eigenvalue weighted by Crippen LogP contribution is -2.40. The summed E-state index contributed by atoms with van der Waals surface area (Å²) >= 11 is 11.9. The fraction of sp³-hybridized carbons (Fsp3) is 0.353. The summed E-state index contributed by atoms with van der Waals surface area (Å²) in [5, 5.41) is 11.0. The molecule has 0 heterocycles. The molecule has 1 unspecified atom stereocenters. The van der Waals surface area contributed by atoms with Gasteiger partial charge in [0.1, 0.15) is 6.10 Å². The Kier molecular flexibility index (Phi) is 8.68. The maximum Gasteiger partial charge on any atom is 0.227 e. The molecule has 0 radical (unpaired) electrons. The van der Waals surface area contributed by atoms with Gasteiger partial charge in [-0.1, -0.05) is 36.2 Å². The molecule has 0 saturated heterocycles. The van der Waals surface area contributed by atoms with E-state index in [2.05, 4.69) is 0 Å². The molecular weight excluding hydrogens is 349 g/mol. The molecule has 5 N–H and O–H groups in total. The van der Waals surface area contributed by atoms with E-state index in [1.165, 1.54) is 18.4 Å². The Bertz CT molecular complexity index is 618. The van der Waals surface area contributed by atoms with Crippen LogP contribution in [-0.2, 0) is 11.2 Å². The lowest BCUT2D eigenvalue weighted by Gasteiger charge is -2.25. The Morgan fingerprint density at radius 2 is 2.08 bits per heavy atom. The number of allylic oxidation sites excluding steroid dienone is 2. The van der Waals surface area contributed by atoms with Gasteiger partial charge in [0.25, 0.3) is 0 Å². The maximum atomic E-state index is 12.5. The number of carbonyl (C=O) groups is 1. The zero-order valence-corrected chi connectivity index (χ0v) is 15.1. The second kappa shape index (κ2) is 10.2. The predicted octanol–water partition coefficient (Wildman–Crippen LogP) is 2.45. The molecule has 1 atom stereocenters. The Morgan fingerprint density at radius 1 is 1.38 bits per heavy atom. The number of hydrogen-bond acceptors (Lipinski definition) is 4. The molecule has 0 aromatic heterocycles. The number of carbonyl (C=O) groups excluding carboxylic acids is 1. The number of aliphatic hydroxyl groups is 1. The smallest absolute Gasteiger partial charge is 0.227 e. The zero-order valence-electron chi connectivity index (χ0n) is 13.6. The average molecular weight is 372 g/mol. The molecule has 0 aliphatic heterocycles. The minimum atomic E-state index is -0.953. The van der Waals surface area contributed by atoms with Gasteiger partial charge in [0, 0.05) is 12.2 Å². The predicted molar refractivity (Wildman–Crippen MR) is 98.6 cm³/mol. The standard InChI is InChI=1S/C17H23Cl2N3O2/c1-2-8-22(11-16(23)15(21)4-3-7-20)17(24)10-12-5-6-13(18)14(19)9-12/h3-7,9,16,23H,2,8,10-11,20-21H2,1H3/b7-3-,15-4-. The zero-order chi connectivity index (χ0) is 18.1. The summed E-state index contributed by atoms with van der Waals surface area (Å²) in [6.07, 6.45) is 4.35. The molecule has 0 aliphatic carbocycles. The van der Waals surface area contributed by atoms with Crippen molar-refractivity contribution in [2.75, 3.05) is 13.1 Å². The molecule has 5 nitrogen and oxygen atoms in total. The molecular formula is C17H23Cl2N3O2. The van der Waals surface area contributed by atoms with E-state index in [1.807, 2.05) is 6.92 Å². The van der Waals surface area contributed by atoms with Crippen molar-refractivity contribution in [2.24, 2.45) is 11.5 Å². The number of amides is 1. The average Bonchev–Trinajstić information content (AvgIpc) is 2.55. The van der Waals surface area contributed by atoms with Crippen LogP contribution in [-0.4, -0.2) is 35.1 Å². The first-order chi connectivity index (χ1) is 11.4. The first kappa shape index (κ1) is 20.4. The Hall–Kier alpha value is -1.69. The summed E-state index contributed by atoms with van der Waals surface area (Å²) in [5.74, 6) is -0.114. The van der Waals surface area contributed by atoms with Gasteiger partial charge in [-0.3, -0.25) is 4.79 Å². The molecule has 1 rings (SSSR count). The molecule has 24 heavy (non-hydrogen) atoms. The van der Waals surface area contributed by atoms with E-state index in [0.29, 0.717) is 16.6 Å². The summed E-state index contributed by atoms with van der Waals surface area (Å²) < 4.78 is 0. The van der Waals surface area contributed by atoms with Gasteiger partial charge in [0.15, 0.2) is 0 Å². The van der Waals surface area contributed by atoms with Gasteiger partial charge in [0.05, 0.1) is 23.0 Å². The number of benzene rings is 1. The number of nitrogens with two attached hydrogens (primary N) is 2. The van der Waals surface area contributed by atoms with E-state index in [-0.39, 0.29) is 24.6 Å². The summed E-state index contributed by atoms with van der Waals surface area (Å²) in [6.45, 7) is 2.61. The molecule has 0 saturated carbocycles.